The van der Waals surface area contributed by atoms with Crippen LogP contribution in [0.3, 0.4) is 0 Å². The first kappa shape index (κ1) is 87.9. The number of carbonyl (C=O) groups is 6. The van der Waals surface area contributed by atoms with Gasteiger partial charge in [-0.1, -0.05) is 219 Å². The van der Waals surface area contributed by atoms with Crippen molar-refractivity contribution in [2.75, 3.05) is 13.2 Å². The Kier molecular flexibility index (Phi) is 37.0. The van der Waals surface area contributed by atoms with E-state index in [1.807, 2.05) is 34.6 Å². The summed E-state index contributed by atoms with van der Waals surface area (Å²) in [5.74, 6) is 0.0486. The molecule has 4 saturated carbocycles. The van der Waals surface area contributed by atoms with Gasteiger partial charge in [0.15, 0.2) is 0 Å². The van der Waals surface area contributed by atoms with Crippen molar-refractivity contribution in [2.24, 2.45) is 67.0 Å². The number of hydrogen-bond donors (Lipinski definition) is 2. The molecule has 15 heteroatoms. The van der Waals surface area contributed by atoms with Gasteiger partial charge in [-0.2, -0.15) is 4.79 Å². The maximum atomic E-state index is 11.4. The van der Waals surface area contributed by atoms with Crippen LogP contribution >= 0.6 is 6.89 Å². The zero-order valence-electron chi connectivity index (χ0n) is 58.7. The number of nitrogens with zero attached hydrogens (tertiary/aromatic N) is 2. The van der Waals surface area contributed by atoms with Crippen molar-refractivity contribution in [1.82, 2.24) is 0 Å². The fourth-order valence-corrected chi connectivity index (χ4v) is 13.9. The number of allylic oxidation sites excluding steroid dienone is 2. The number of benzene rings is 3. The second-order valence-electron chi connectivity index (χ2n) is 27.6. The van der Waals surface area contributed by atoms with Crippen LogP contribution in [0.15, 0.2) is 102 Å². The Hall–Kier alpha value is -4.58. The van der Waals surface area contributed by atoms with E-state index in [1.54, 1.807) is 34.6 Å². The Balaban J connectivity index is -0.000000457. The molecule has 0 unspecified atom stereocenters. The molecule has 0 atom stereocenters. The first-order valence-electron chi connectivity index (χ1n) is 29.4. The van der Waals surface area contributed by atoms with E-state index in [9.17, 15) is 28.8 Å². The van der Waals surface area contributed by atoms with Crippen LogP contribution in [0, 0.1) is 67.0 Å². The van der Waals surface area contributed by atoms with Gasteiger partial charge in [0, 0.05) is 17.9 Å². The fraction of sp³-hybridized carbons (Fsp3) is 0.606. The van der Waals surface area contributed by atoms with Crippen molar-refractivity contribution in [1.29, 1.82) is 0 Å². The number of hydrogen-bond acceptors (Lipinski definition) is 10. The number of aliphatic hydroxyl groups is 1. The molecular formula is C71H114N2NaO11P. The fourth-order valence-electron chi connectivity index (χ4n) is 11.0. The Morgan fingerprint density at radius 1 is 0.512 bits per heavy atom. The second-order valence-corrected chi connectivity index (χ2v) is 30.8. The van der Waals surface area contributed by atoms with E-state index in [0.717, 1.165) is 0 Å². The van der Waals surface area contributed by atoms with Crippen molar-refractivity contribution in [2.45, 2.75) is 200 Å². The SMILES string of the molecule is C=P(c1ccccc1)(c1ccccc1)c1ccccc1.CC(=O)C1C(C)(C)C1(C)C.CC(=O)C1C(C)(C)C1(C)C.CC(C)=C(C)C.CC(C)=O.CC(C)O.CC1(C)C(C(=O)O)C1(C)C.CCOC(=O)C1C(C)(C)C1(C)C.CCOC(=O)C=[N+]=[N-].[Na+].[OH-]. The third-order valence-electron chi connectivity index (χ3n) is 18.7. The van der Waals surface area contributed by atoms with Crippen molar-refractivity contribution < 1.29 is 88.3 Å². The van der Waals surface area contributed by atoms with Crippen LogP contribution < -0.4 is 45.5 Å². The van der Waals surface area contributed by atoms with Crippen LogP contribution in [0.1, 0.15) is 194 Å². The summed E-state index contributed by atoms with van der Waals surface area (Å²) in [6.07, 6.45) is 5.22. The number of ketones is 3. The number of esters is 2. The van der Waals surface area contributed by atoms with Crippen molar-refractivity contribution in [3.05, 3.63) is 108 Å². The Morgan fingerprint density at radius 2 is 0.733 bits per heavy atom. The Bertz CT molecular complexity index is 2470. The predicted octanol–water partition coefficient (Wildman–Crippen LogP) is 11.9. The third kappa shape index (κ3) is 24.1. The second kappa shape index (κ2) is 36.2. The molecule has 0 saturated heterocycles. The molecule has 0 spiro atoms. The van der Waals surface area contributed by atoms with E-state index in [2.05, 4.69) is 211 Å². The molecule has 3 N–H and O–H groups in total. The molecule has 3 aromatic carbocycles. The minimum atomic E-state index is -1.78. The monoisotopic (exact) mass is 1220 g/mol. The number of aliphatic carboxylic acids is 1. The summed E-state index contributed by atoms with van der Waals surface area (Å²) in [7, 11) is 0. The van der Waals surface area contributed by atoms with E-state index >= 15 is 0 Å². The van der Waals surface area contributed by atoms with E-state index in [0.29, 0.717) is 42.8 Å². The minimum absolute atomic E-state index is 0. The number of ether oxygens (including phenoxy) is 2. The predicted molar refractivity (Wildman–Crippen MR) is 354 cm³/mol. The van der Waals surface area contributed by atoms with Gasteiger partial charge in [0.2, 0.25) is 0 Å². The van der Waals surface area contributed by atoms with Gasteiger partial charge in [-0.3, -0.25) is 19.2 Å². The molecule has 13 nitrogen and oxygen atoms in total. The van der Waals surface area contributed by atoms with Gasteiger partial charge < -0.3 is 35.5 Å². The molecule has 0 amide bonds. The summed E-state index contributed by atoms with van der Waals surface area (Å²) >= 11 is 0. The van der Waals surface area contributed by atoms with Gasteiger partial charge in [0.25, 0.3) is 0 Å². The number of aliphatic hydroxyl groups excluding tert-OH is 1. The van der Waals surface area contributed by atoms with Crippen LogP contribution in [0.2, 0.25) is 0 Å². The number of rotatable bonds is 10. The standard InChI is InChI=1S/C19H17P.C10H18O2.2C9H16O.C8H14O2.C6H12.C4H6N2O2.C3H8O.C3H6O.Na.H2O/c1-20(17-11-5-2-6-12-17,18-13-7-3-8-14-18)19-15-9-4-10-16-19;1-6-12-8(11)7-9(2,3)10(7,4)5;2*1-6(10)7-8(2,3)9(7,4)5;1-7(2)5(6(9)10)8(7,3)4;1-5(2)6(3)4;1-2-8-4(7)3-6-5;2*1-3(2)4;;/h2-16H,1H2;7H,6H2,1-5H3;2*7H,1-5H3;5H,1-4H3,(H,9,10);1-4H3;3H,2H2,1H3;3-4H,1-2H3;1-2H3;;1H2/q;;;;;;;;;+1;/p-1. The minimum Gasteiger partial charge on any atom is -0.870 e. The number of carboxylic acid groups (broad SMARTS) is 1. The van der Waals surface area contributed by atoms with Gasteiger partial charge in [-0.25, -0.2) is 4.79 Å². The summed E-state index contributed by atoms with van der Waals surface area (Å²) in [4.78, 5) is 66.1. The third-order valence-corrected chi connectivity index (χ3v) is 22.2. The van der Waals surface area contributed by atoms with Crippen LogP contribution in [0.25, 0.3) is 5.53 Å². The van der Waals surface area contributed by atoms with Crippen molar-refractivity contribution in [3.63, 3.8) is 0 Å². The normalized spacial score (nSPS) is 17.8. The van der Waals surface area contributed by atoms with E-state index in [4.69, 9.17) is 26.8 Å². The molecule has 0 aromatic heterocycles. The van der Waals surface area contributed by atoms with Gasteiger partial charge in [0.05, 0.1) is 25.0 Å². The summed E-state index contributed by atoms with van der Waals surface area (Å²) in [6.45, 7) is 54.7. The molecule has 7 rings (SSSR count). The maximum absolute atomic E-state index is 11.4. The quantitative estimate of drug-likeness (QED) is 0.0369. The molecule has 0 radical (unpaired) electrons. The van der Waals surface area contributed by atoms with E-state index < -0.39 is 18.8 Å². The molecule has 0 aliphatic heterocycles. The van der Waals surface area contributed by atoms with Crippen LogP contribution in [-0.2, 0) is 38.2 Å². The average molecular weight is 1230 g/mol. The average Bonchev–Trinajstić information content (AvgIpc) is 1.68. The molecular weight excluding hydrogens is 1110 g/mol. The molecule has 4 aliphatic carbocycles. The molecule has 4 fully saturated rings. The molecule has 86 heavy (non-hydrogen) atoms. The van der Waals surface area contributed by atoms with Crippen LogP contribution in [0.5, 0.6) is 0 Å². The Labute approximate surface area is 543 Å². The summed E-state index contributed by atoms with van der Waals surface area (Å²) in [5, 5.41) is 20.7. The van der Waals surface area contributed by atoms with Gasteiger partial charge in [-0.15, -0.1) is 0 Å². The molecule has 0 heterocycles. The van der Waals surface area contributed by atoms with Gasteiger partial charge in [-0.05, 0) is 149 Å². The molecule has 4 aliphatic rings. The van der Waals surface area contributed by atoms with Gasteiger partial charge in [0.1, 0.15) is 17.3 Å². The zero-order chi connectivity index (χ0) is 66.6. The smallest absolute Gasteiger partial charge is 0.870 e. The molecule has 3 aromatic rings. The zero-order valence-corrected chi connectivity index (χ0v) is 61.6. The largest absolute Gasteiger partial charge is 1.00 e. The summed E-state index contributed by atoms with van der Waals surface area (Å²) < 4.78 is 9.33. The van der Waals surface area contributed by atoms with E-state index in [-0.39, 0.29) is 108 Å². The number of Topliss-reactive ketones (excluding diaryl/α,β-unsaturated/α-hetero) is 3. The number of carboxylic acids is 1. The van der Waals surface area contributed by atoms with Crippen molar-refractivity contribution in [3.8, 4) is 0 Å². The summed E-state index contributed by atoms with van der Waals surface area (Å²) in [5.41, 5.74) is 11.7. The maximum Gasteiger partial charge on any atom is 1.00 e. The van der Waals surface area contributed by atoms with Crippen LogP contribution in [-0.4, -0.2) is 87.6 Å². The first-order valence-corrected chi connectivity index (χ1v) is 31.4. The number of carbonyl (C=O) groups excluding carboxylic acids is 5. The molecule has 0 bridgehead atoms. The Morgan fingerprint density at radius 3 is 0.860 bits per heavy atom. The first-order chi connectivity index (χ1) is 38.0. The topological polar surface area (TPSA) is 228 Å². The van der Waals surface area contributed by atoms with Crippen LogP contribution in [0.4, 0.5) is 0 Å². The molecule has 480 valence electrons. The van der Waals surface area contributed by atoms with Gasteiger partial charge >= 0.3 is 53.7 Å². The van der Waals surface area contributed by atoms with E-state index in [1.165, 1.54) is 40.9 Å². The van der Waals surface area contributed by atoms with Crippen molar-refractivity contribution >= 4 is 70.6 Å². The summed E-state index contributed by atoms with van der Waals surface area (Å²) in [6, 6.07) is 31.9.